The van der Waals surface area contributed by atoms with Gasteiger partial charge < -0.3 is 0 Å². The van der Waals surface area contributed by atoms with Crippen molar-refractivity contribution < 1.29 is 0 Å². The molecule has 88 valence electrons. The molecule has 0 saturated carbocycles. The molecule has 2 rings (SSSR count). The molecule has 0 radical (unpaired) electrons. The highest BCUT2D eigenvalue weighted by molar-refractivity contribution is 5.78. The summed E-state index contributed by atoms with van der Waals surface area (Å²) in [6.45, 7) is 6.07. The maximum absolute atomic E-state index is 4.32. The van der Waals surface area contributed by atoms with Crippen molar-refractivity contribution in [2.45, 2.75) is 26.8 Å². The van der Waals surface area contributed by atoms with Gasteiger partial charge in [-0.25, -0.2) is 4.68 Å². The third-order valence-corrected chi connectivity index (χ3v) is 2.43. The number of aliphatic imine (C=N–C) groups is 1. The van der Waals surface area contributed by atoms with Crippen LogP contribution in [0.4, 0.5) is 0 Å². The molecular formula is C13H16N4. The molecule has 1 heterocycles. The molecule has 1 aromatic heterocycles. The predicted octanol–water partition coefficient (Wildman–Crippen LogP) is 2.40. The first-order chi connectivity index (χ1) is 8.18. The van der Waals surface area contributed by atoms with Crippen molar-refractivity contribution in [2.24, 2.45) is 4.99 Å². The molecule has 4 heteroatoms. The van der Waals surface area contributed by atoms with Crippen molar-refractivity contribution in [3.8, 4) is 5.69 Å². The minimum absolute atomic E-state index is 0.274. The molecule has 0 bridgehead atoms. The zero-order chi connectivity index (χ0) is 12.3. The lowest BCUT2D eigenvalue weighted by Crippen LogP contribution is -1.99. The van der Waals surface area contributed by atoms with Crippen LogP contribution in [-0.4, -0.2) is 27.3 Å². The molecule has 0 aliphatic rings. The molecule has 0 atom stereocenters. The fraction of sp³-hybridized carbons (Fsp3) is 0.308. The number of hydrogen-bond donors (Lipinski definition) is 0. The van der Waals surface area contributed by atoms with Crippen molar-refractivity contribution in [1.82, 2.24) is 15.0 Å². The van der Waals surface area contributed by atoms with Crippen LogP contribution in [0.5, 0.6) is 0 Å². The first kappa shape index (κ1) is 11.5. The monoisotopic (exact) mass is 228 g/mol. The summed E-state index contributed by atoms with van der Waals surface area (Å²) in [4.78, 5) is 4.32. The molecule has 0 aliphatic heterocycles. The van der Waals surface area contributed by atoms with Gasteiger partial charge in [-0.3, -0.25) is 4.99 Å². The smallest absolute Gasteiger partial charge is 0.126 e. The van der Waals surface area contributed by atoms with Crippen molar-refractivity contribution in [2.75, 3.05) is 0 Å². The van der Waals surface area contributed by atoms with E-state index in [1.807, 2.05) is 55.8 Å². The number of aromatic nitrogens is 3. The molecular weight excluding hydrogens is 212 g/mol. The first-order valence-electron chi connectivity index (χ1n) is 5.69. The Morgan fingerprint density at radius 1 is 1.24 bits per heavy atom. The Morgan fingerprint density at radius 2 is 1.94 bits per heavy atom. The van der Waals surface area contributed by atoms with Gasteiger partial charge in [0.25, 0.3) is 0 Å². The van der Waals surface area contributed by atoms with Gasteiger partial charge in [0.05, 0.1) is 17.6 Å². The van der Waals surface area contributed by atoms with Gasteiger partial charge in [0, 0.05) is 6.04 Å². The molecule has 0 N–H and O–H groups in total. The number of nitrogens with zero attached hydrogens (tertiary/aromatic N) is 4. The fourth-order valence-electron chi connectivity index (χ4n) is 1.49. The van der Waals surface area contributed by atoms with Crippen LogP contribution in [0.1, 0.15) is 25.2 Å². The summed E-state index contributed by atoms with van der Waals surface area (Å²) in [5, 5.41) is 8.27. The van der Waals surface area contributed by atoms with E-state index in [9.17, 15) is 0 Å². The van der Waals surface area contributed by atoms with Crippen LogP contribution in [0.3, 0.4) is 0 Å². The van der Waals surface area contributed by atoms with Gasteiger partial charge >= 0.3 is 0 Å². The Balaban J connectivity index is 2.34. The number of para-hydroxylation sites is 1. The van der Waals surface area contributed by atoms with E-state index < -0.39 is 0 Å². The zero-order valence-corrected chi connectivity index (χ0v) is 10.3. The van der Waals surface area contributed by atoms with Crippen LogP contribution in [0.25, 0.3) is 5.69 Å². The molecule has 1 aromatic carbocycles. The van der Waals surface area contributed by atoms with Gasteiger partial charge in [0.2, 0.25) is 0 Å². The molecule has 0 spiro atoms. The van der Waals surface area contributed by atoms with Crippen LogP contribution in [0, 0.1) is 6.92 Å². The summed E-state index contributed by atoms with van der Waals surface area (Å²) in [7, 11) is 0. The first-order valence-corrected chi connectivity index (χ1v) is 5.69. The standard InChI is InChI=1S/C13H16N4/c1-10(2)14-9-13-11(3)17(16-15-13)12-7-5-4-6-8-12/h4-10H,1-3H3. The van der Waals surface area contributed by atoms with Gasteiger partial charge in [0.1, 0.15) is 5.69 Å². The quantitative estimate of drug-likeness (QED) is 0.757. The summed E-state index contributed by atoms with van der Waals surface area (Å²) in [6, 6.07) is 10.2. The van der Waals surface area contributed by atoms with Crippen LogP contribution in [-0.2, 0) is 0 Å². The van der Waals surface area contributed by atoms with Gasteiger partial charge in [-0.15, -0.1) is 5.10 Å². The third kappa shape index (κ3) is 2.58. The van der Waals surface area contributed by atoms with Crippen LogP contribution < -0.4 is 0 Å². The average Bonchev–Trinajstić information content (AvgIpc) is 2.69. The zero-order valence-electron chi connectivity index (χ0n) is 10.3. The van der Waals surface area contributed by atoms with E-state index in [0.717, 1.165) is 17.1 Å². The number of benzene rings is 1. The molecule has 0 unspecified atom stereocenters. The van der Waals surface area contributed by atoms with E-state index in [0.29, 0.717) is 0 Å². The van der Waals surface area contributed by atoms with Crippen molar-refractivity contribution >= 4 is 6.21 Å². The molecule has 17 heavy (non-hydrogen) atoms. The van der Waals surface area contributed by atoms with E-state index in [4.69, 9.17) is 0 Å². The second-order valence-electron chi connectivity index (χ2n) is 4.18. The average molecular weight is 228 g/mol. The number of hydrogen-bond acceptors (Lipinski definition) is 3. The predicted molar refractivity (Wildman–Crippen MR) is 68.8 cm³/mol. The topological polar surface area (TPSA) is 43.1 Å². The lowest BCUT2D eigenvalue weighted by Gasteiger charge is -2.01. The van der Waals surface area contributed by atoms with Crippen molar-refractivity contribution in [3.63, 3.8) is 0 Å². The summed E-state index contributed by atoms with van der Waals surface area (Å²) >= 11 is 0. The van der Waals surface area contributed by atoms with E-state index in [1.165, 1.54) is 0 Å². The Kier molecular flexibility index (Phi) is 3.32. The van der Waals surface area contributed by atoms with E-state index in [-0.39, 0.29) is 6.04 Å². The molecule has 0 aliphatic carbocycles. The van der Waals surface area contributed by atoms with Gasteiger partial charge in [-0.1, -0.05) is 23.4 Å². The molecule has 0 amide bonds. The highest BCUT2D eigenvalue weighted by atomic mass is 15.4. The Labute approximate surface area is 101 Å². The fourth-order valence-corrected chi connectivity index (χ4v) is 1.49. The molecule has 0 fully saturated rings. The highest BCUT2D eigenvalue weighted by Crippen LogP contribution is 2.10. The van der Waals surface area contributed by atoms with Crippen LogP contribution in [0.2, 0.25) is 0 Å². The lowest BCUT2D eigenvalue weighted by molar-refractivity contribution is 0.785. The largest absolute Gasteiger partial charge is 0.288 e. The maximum atomic E-state index is 4.32. The SMILES string of the molecule is Cc1c(C=NC(C)C)nnn1-c1ccccc1. The summed E-state index contributed by atoms with van der Waals surface area (Å²) < 4.78 is 1.82. The lowest BCUT2D eigenvalue weighted by atomic mass is 10.3. The maximum Gasteiger partial charge on any atom is 0.126 e. The summed E-state index contributed by atoms with van der Waals surface area (Å²) in [5.41, 5.74) is 2.84. The summed E-state index contributed by atoms with van der Waals surface area (Å²) in [5.74, 6) is 0. The Morgan fingerprint density at radius 3 is 2.59 bits per heavy atom. The highest BCUT2D eigenvalue weighted by Gasteiger charge is 2.07. The normalized spacial score (nSPS) is 11.5. The van der Waals surface area contributed by atoms with E-state index in [1.54, 1.807) is 6.21 Å². The second kappa shape index (κ2) is 4.91. The molecule has 4 nitrogen and oxygen atoms in total. The summed E-state index contributed by atoms with van der Waals surface area (Å²) in [6.07, 6.45) is 1.78. The van der Waals surface area contributed by atoms with Crippen molar-refractivity contribution in [3.05, 3.63) is 41.7 Å². The van der Waals surface area contributed by atoms with Gasteiger partial charge in [0.15, 0.2) is 0 Å². The Hall–Kier alpha value is -1.97. The number of rotatable bonds is 3. The van der Waals surface area contributed by atoms with E-state index in [2.05, 4.69) is 15.3 Å². The van der Waals surface area contributed by atoms with Crippen molar-refractivity contribution in [1.29, 1.82) is 0 Å². The second-order valence-corrected chi connectivity index (χ2v) is 4.18. The van der Waals surface area contributed by atoms with Gasteiger partial charge in [-0.05, 0) is 32.9 Å². The third-order valence-electron chi connectivity index (χ3n) is 2.43. The minimum Gasteiger partial charge on any atom is -0.288 e. The minimum atomic E-state index is 0.274. The van der Waals surface area contributed by atoms with Crippen LogP contribution in [0.15, 0.2) is 35.3 Å². The van der Waals surface area contributed by atoms with Gasteiger partial charge in [-0.2, -0.15) is 0 Å². The van der Waals surface area contributed by atoms with E-state index >= 15 is 0 Å². The molecule has 0 saturated heterocycles. The molecule has 2 aromatic rings. The van der Waals surface area contributed by atoms with Crippen LogP contribution >= 0.6 is 0 Å². The Bertz CT molecular complexity index is 511.